The molecule has 0 fully saturated rings. The smallest absolute Gasteiger partial charge is 0.234 e. The molecule has 0 atom stereocenters. The van der Waals surface area contributed by atoms with E-state index in [1.807, 2.05) is 30.3 Å². The van der Waals surface area contributed by atoms with Gasteiger partial charge in [0.25, 0.3) is 0 Å². The first-order valence-electron chi connectivity index (χ1n) is 10.0. The minimum Gasteiger partial charge on any atom is -0.484 e. The number of anilines is 1. The number of carbonyl (C=O) groups excluding carboxylic acids is 1. The van der Waals surface area contributed by atoms with Gasteiger partial charge in [-0.1, -0.05) is 73.1 Å². The average Bonchev–Trinajstić information content (AvgIpc) is 3.17. The average molecular weight is 479 g/mol. The summed E-state index contributed by atoms with van der Waals surface area (Å²) in [6, 6.07) is 14.7. The maximum atomic E-state index is 12.4. The molecule has 3 aromatic rings. The zero-order valence-electron chi connectivity index (χ0n) is 17.3. The molecule has 1 amide bonds. The molecule has 0 aliphatic rings. The van der Waals surface area contributed by atoms with Crippen molar-refractivity contribution in [2.45, 2.75) is 44.5 Å². The quantitative estimate of drug-likeness (QED) is 0.348. The van der Waals surface area contributed by atoms with Crippen molar-refractivity contribution in [2.24, 2.45) is 0 Å². The summed E-state index contributed by atoms with van der Waals surface area (Å²) in [5.41, 5.74) is 0.588. The predicted octanol–water partition coefficient (Wildman–Crippen LogP) is 6.26. The number of hydrogen-bond donors (Lipinski definition) is 1. The number of benzene rings is 2. The summed E-state index contributed by atoms with van der Waals surface area (Å²) in [7, 11) is 0. The van der Waals surface area contributed by atoms with Gasteiger partial charge in [0.1, 0.15) is 12.4 Å². The number of carbonyl (C=O) groups is 1. The molecule has 0 aliphatic heterocycles. The van der Waals surface area contributed by atoms with Gasteiger partial charge in [-0.2, -0.15) is 0 Å². The molecule has 2 aromatic carbocycles. The Hall–Kier alpha value is -2.22. The molecule has 164 valence electrons. The second-order valence-corrected chi connectivity index (χ2v) is 8.53. The summed E-state index contributed by atoms with van der Waals surface area (Å²) < 4.78 is 7.94. The molecule has 0 unspecified atom stereocenters. The molecule has 31 heavy (non-hydrogen) atoms. The summed E-state index contributed by atoms with van der Waals surface area (Å²) in [5.74, 6) is 1.32. The number of nitrogens with zero attached hydrogens (tertiary/aromatic N) is 3. The molecule has 1 N–H and O–H groups in total. The standard InChI is InChI=1S/C22H24Cl2N4O2S/c1-3-15(4-2)28-20(13-30-19-12-8-6-10-17(19)24)26-27-22(28)31-14-21(29)25-18-11-7-5-9-16(18)23/h5-12,15H,3-4,13-14H2,1-2H3,(H,25,29). The first kappa shape index (κ1) is 23.4. The maximum absolute atomic E-state index is 12.4. The van der Waals surface area contributed by atoms with Crippen LogP contribution in [0.2, 0.25) is 10.0 Å². The number of nitrogens with one attached hydrogen (secondary N) is 1. The first-order chi connectivity index (χ1) is 15.0. The largest absolute Gasteiger partial charge is 0.484 e. The topological polar surface area (TPSA) is 69.0 Å². The van der Waals surface area contributed by atoms with Crippen molar-refractivity contribution in [3.05, 3.63) is 64.4 Å². The van der Waals surface area contributed by atoms with Gasteiger partial charge in [0.05, 0.1) is 21.5 Å². The summed E-state index contributed by atoms with van der Waals surface area (Å²) in [5, 5.41) is 13.2. The van der Waals surface area contributed by atoms with Crippen LogP contribution in [-0.2, 0) is 11.4 Å². The normalized spacial score (nSPS) is 11.0. The number of halogens is 2. The van der Waals surface area contributed by atoms with Crippen LogP contribution in [-0.4, -0.2) is 26.4 Å². The molecule has 9 heteroatoms. The Kier molecular flexibility index (Phi) is 8.63. The number of ether oxygens (including phenoxy) is 1. The van der Waals surface area contributed by atoms with E-state index in [0.29, 0.717) is 32.5 Å². The number of amides is 1. The Morgan fingerprint density at radius 2 is 1.74 bits per heavy atom. The SMILES string of the molecule is CCC(CC)n1c(COc2ccccc2Cl)nnc1SCC(=O)Nc1ccccc1Cl. The van der Waals surface area contributed by atoms with Crippen LogP contribution in [0.4, 0.5) is 5.69 Å². The number of para-hydroxylation sites is 2. The van der Waals surface area contributed by atoms with E-state index in [1.54, 1.807) is 18.2 Å². The van der Waals surface area contributed by atoms with Gasteiger partial charge in [-0.25, -0.2) is 0 Å². The van der Waals surface area contributed by atoms with E-state index in [1.165, 1.54) is 11.8 Å². The van der Waals surface area contributed by atoms with E-state index >= 15 is 0 Å². The lowest BCUT2D eigenvalue weighted by Gasteiger charge is -2.19. The zero-order chi connectivity index (χ0) is 22.2. The highest BCUT2D eigenvalue weighted by Gasteiger charge is 2.20. The monoisotopic (exact) mass is 478 g/mol. The molecule has 6 nitrogen and oxygen atoms in total. The van der Waals surface area contributed by atoms with Crippen LogP contribution >= 0.6 is 35.0 Å². The molecule has 3 rings (SSSR count). The highest BCUT2D eigenvalue weighted by Crippen LogP contribution is 2.29. The van der Waals surface area contributed by atoms with Gasteiger partial charge in [0.2, 0.25) is 5.91 Å². The Bertz CT molecular complexity index is 1020. The molecule has 0 aliphatic carbocycles. The second-order valence-electron chi connectivity index (χ2n) is 6.77. The molecule has 0 saturated heterocycles. The summed E-state index contributed by atoms with van der Waals surface area (Å²) in [4.78, 5) is 12.4. The van der Waals surface area contributed by atoms with Crippen molar-refractivity contribution in [1.29, 1.82) is 0 Å². The van der Waals surface area contributed by atoms with Gasteiger partial charge in [-0.15, -0.1) is 10.2 Å². The van der Waals surface area contributed by atoms with E-state index in [2.05, 4.69) is 33.9 Å². The third-order valence-electron chi connectivity index (χ3n) is 4.72. The van der Waals surface area contributed by atoms with Crippen molar-refractivity contribution >= 4 is 46.6 Å². The fraction of sp³-hybridized carbons (Fsp3) is 0.318. The lowest BCUT2D eigenvalue weighted by atomic mass is 10.2. The third-order valence-corrected chi connectivity index (χ3v) is 6.30. The summed E-state index contributed by atoms with van der Waals surface area (Å²) >= 11 is 13.6. The number of thioether (sulfide) groups is 1. The van der Waals surface area contributed by atoms with Crippen molar-refractivity contribution in [3.63, 3.8) is 0 Å². The van der Waals surface area contributed by atoms with E-state index in [9.17, 15) is 4.79 Å². The number of rotatable bonds is 10. The van der Waals surface area contributed by atoms with Crippen molar-refractivity contribution in [2.75, 3.05) is 11.1 Å². The molecular weight excluding hydrogens is 455 g/mol. The highest BCUT2D eigenvalue weighted by atomic mass is 35.5. The molecule has 1 aromatic heterocycles. The second kappa shape index (κ2) is 11.4. The van der Waals surface area contributed by atoms with E-state index in [-0.39, 0.29) is 24.3 Å². The van der Waals surface area contributed by atoms with E-state index < -0.39 is 0 Å². The van der Waals surface area contributed by atoms with Gasteiger partial charge < -0.3 is 14.6 Å². The minimum atomic E-state index is -0.161. The Balaban J connectivity index is 1.71. The fourth-order valence-electron chi connectivity index (χ4n) is 3.11. The molecule has 0 bridgehead atoms. The van der Waals surface area contributed by atoms with Gasteiger partial charge in [0.15, 0.2) is 11.0 Å². The predicted molar refractivity (Wildman–Crippen MR) is 126 cm³/mol. The van der Waals surface area contributed by atoms with Crippen LogP contribution in [0.15, 0.2) is 53.7 Å². The molecule has 1 heterocycles. The lowest BCUT2D eigenvalue weighted by Crippen LogP contribution is -2.17. The summed E-state index contributed by atoms with van der Waals surface area (Å²) in [6.45, 7) is 4.47. The van der Waals surface area contributed by atoms with Crippen molar-refractivity contribution in [3.8, 4) is 5.75 Å². The lowest BCUT2D eigenvalue weighted by molar-refractivity contribution is -0.113. The van der Waals surface area contributed by atoms with Crippen LogP contribution in [0.3, 0.4) is 0 Å². The van der Waals surface area contributed by atoms with E-state index in [4.69, 9.17) is 27.9 Å². The Labute approximate surface area is 196 Å². The number of aromatic nitrogens is 3. The van der Waals surface area contributed by atoms with Gasteiger partial charge in [-0.3, -0.25) is 4.79 Å². The number of hydrogen-bond acceptors (Lipinski definition) is 5. The first-order valence-corrected chi connectivity index (χ1v) is 11.8. The minimum absolute atomic E-state index is 0.161. The van der Waals surface area contributed by atoms with Crippen LogP contribution < -0.4 is 10.1 Å². The Morgan fingerprint density at radius 1 is 1.06 bits per heavy atom. The fourth-order valence-corrected chi connectivity index (χ4v) is 4.31. The van der Waals surface area contributed by atoms with Gasteiger partial charge >= 0.3 is 0 Å². The van der Waals surface area contributed by atoms with Crippen LogP contribution in [0.1, 0.15) is 38.6 Å². The van der Waals surface area contributed by atoms with Crippen molar-refractivity contribution in [1.82, 2.24) is 14.8 Å². The maximum Gasteiger partial charge on any atom is 0.234 e. The van der Waals surface area contributed by atoms with Gasteiger partial charge in [0, 0.05) is 6.04 Å². The van der Waals surface area contributed by atoms with Crippen LogP contribution in [0, 0.1) is 0 Å². The molecule has 0 radical (unpaired) electrons. The Morgan fingerprint density at radius 3 is 2.42 bits per heavy atom. The van der Waals surface area contributed by atoms with Crippen LogP contribution in [0.25, 0.3) is 0 Å². The van der Waals surface area contributed by atoms with Crippen LogP contribution in [0.5, 0.6) is 5.75 Å². The van der Waals surface area contributed by atoms with E-state index in [0.717, 1.165) is 12.8 Å². The third kappa shape index (κ3) is 6.15. The van der Waals surface area contributed by atoms with Gasteiger partial charge in [-0.05, 0) is 37.1 Å². The highest BCUT2D eigenvalue weighted by molar-refractivity contribution is 7.99. The molecule has 0 spiro atoms. The zero-order valence-corrected chi connectivity index (χ0v) is 19.7. The molecular formula is C22H24Cl2N4O2S. The molecule has 0 saturated carbocycles. The van der Waals surface area contributed by atoms with Crippen molar-refractivity contribution < 1.29 is 9.53 Å². The summed E-state index contributed by atoms with van der Waals surface area (Å²) in [6.07, 6.45) is 1.82.